The zero-order valence-electron chi connectivity index (χ0n) is 15.4. The summed E-state index contributed by atoms with van der Waals surface area (Å²) in [5.41, 5.74) is 3.28. The van der Waals surface area contributed by atoms with Gasteiger partial charge in [0.2, 0.25) is 0 Å². The van der Waals surface area contributed by atoms with Crippen LogP contribution in [0.5, 0.6) is 5.75 Å². The second-order valence-electron chi connectivity index (χ2n) is 6.08. The fourth-order valence-electron chi connectivity index (χ4n) is 2.60. The molecule has 0 saturated carbocycles. The molecular weight excluding hydrogens is 340 g/mol. The molecule has 0 aliphatic heterocycles. The van der Waals surface area contributed by atoms with Gasteiger partial charge >= 0.3 is 0 Å². The minimum Gasteiger partial charge on any atom is -0.497 e. The average Bonchev–Trinajstić information content (AvgIpc) is 2.70. The molecule has 1 amide bonds. The van der Waals surface area contributed by atoms with Crippen molar-refractivity contribution < 1.29 is 9.53 Å². The van der Waals surface area contributed by atoms with E-state index in [2.05, 4.69) is 20.6 Å². The summed E-state index contributed by atoms with van der Waals surface area (Å²) in [4.78, 5) is 20.7. The minimum atomic E-state index is -0.259. The van der Waals surface area contributed by atoms with Crippen LogP contribution in [0.1, 0.15) is 21.6 Å². The van der Waals surface area contributed by atoms with Gasteiger partial charge in [0, 0.05) is 18.3 Å². The van der Waals surface area contributed by atoms with Crippen molar-refractivity contribution in [1.82, 2.24) is 9.97 Å². The van der Waals surface area contributed by atoms with Crippen molar-refractivity contribution in [3.8, 4) is 5.75 Å². The number of nitrogens with one attached hydrogen (secondary N) is 2. The number of amides is 1. The zero-order valence-corrected chi connectivity index (χ0v) is 15.4. The summed E-state index contributed by atoms with van der Waals surface area (Å²) in [6, 6.07) is 17.2. The van der Waals surface area contributed by atoms with Crippen molar-refractivity contribution in [2.24, 2.45) is 0 Å². The van der Waals surface area contributed by atoms with Crippen LogP contribution in [0.2, 0.25) is 0 Å². The molecule has 0 bridgehead atoms. The van der Waals surface area contributed by atoms with Gasteiger partial charge in [0.05, 0.1) is 7.11 Å². The Morgan fingerprint density at radius 3 is 2.59 bits per heavy atom. The predicted octanol–water partition coefficient (Wildman–Crippen LogP) is 3.70. The highest BCUT2D eigenvalue weighted by Crippen LogP contribution is 2.15. The number of ether oxygens (including phenoxy) is 1. The van der Waals surface area contributed by atoms with E-state index in [9.17, 15) is 4.79 Å². The van der Waals surface area contributed by atoms with Crippen LogP contribution in [-0.2, 0) is 6.42 Å². The highest BCUT2D eigenvalue weighted by molar-refractivity contribution is 6.03. The molecule has 27 heavy (non-hydrogen) atoms. The van der Waals surface area contributed by atoms with Crippen molar-refractivity contribution in [3.05, 3.63) is 77.7 Å². The van der Waals surface area contributed by atoms with Crippen LogP contribution >= 0.6 is 0 Å². The monoisotopic (exact) mass is 362 g/mol. The number of carbonyl (C=O) groups is 1. The van der Waals surface area contributed by atoms with E-state index in [-0.39, 0.29) is 5.91 Å². The lowest BCUT2D eigenvalue weighted by Crippen LogP contribution is -2.15. The number of carbonyl (C=O) groups excluding carboxylic acids is 1. The molecule has 6 nitrogen and oxygen atoms in total. The third kappa shape index (κ3) is 5.04. The molecular formula is C21H22N4O2. The standard InChI is InChI=1S/C21H22N4O2/c1-15-5-3-4-6-18(15)25-21(26)19-13-20(24-14-23-19)22-12-11-16-7-9-17(27-2)10-8-16/h3-10,13-14H,11-12H2,1-2H3,(H,25,26)(H,22,23,24). The molecule has 3 rings (SSSR count). The Morgan fingerprint density at radius 1 is 1.07 bits per heavy atom. The molecule has 0 atom stereocenters. The maximum Gasteiger partial charge on any atom is 0.274 e. The Balaban J connectivity index is 1.58. The van der Waals surface area contributed by atoms with E-state index >= 15 is 0 Å². The van der Waals surface area contributed by atoms with Gasteiger partial charge in [-0.25, -0.2) is 9.97 Å². The Morgan fingerprint density at radius 2 is 1.85 bits per heavy atom. The number of aryl methyl sites for hydroxylation is 1. The lowest BCUT2D eigenvalue weighted by molar-refractivity contribution is 0.102. The van der Waals surface area contributed by atoms with Crippen LogP contribution in [0.15, 0.2) is 60.9 Å². The fraction of sp³-hybridized carbons (Fsp3) is 0.190. The van der Waals surface area contributed by atoms with Crippen LogP contribution in [0.3, 0.4) is 0 Å². The van der Waals surface area contributed by atoms with Gasteiger partial charge in [-0.15, -0.1) is 0 Å². The largest absolute Gasteiger partial charge is 0.497 e. The molecule has 138 valence electrons. The molecule has 0 spiro atoms. The minimum absolute atomic E-state index is 0.259. The number of methoxy groups -OCH3 is 1. The first kappa shape index (κ1) is 18.4. The molecule has 6 heteroatoms. The van der Waals surface area contributed by atoms with Crippen molar-refractivity contribution >= 4 is 17.4 Å². The average molecular weight is 362 g/mol. The lowest BCUT2D eigenvalue weighted by Gasteiger charge is -2.09. The van der Waals surface area contributed by atoms with Gasteiger partial charge in [-0.1, -0.05) is 30.3 Å². The summed E-state index contributed by atoms with van der Waals surface area (Å²) >= 11 is 0. The van der Waals surface area contributed by atoms with Crippen molar-refractivity contribution in [2.75, 3.05) is 24.3 Å². The molecule has 3 aromatic rings. The molecule has 0 fully saturated rings. The van der Waals surface area contributed by atoms with E-state index in [1.54, 1.807) is 13.2 Å². The van der Waals surface area contributed by atoms with Crippen molar-refractivity contribution in [3.63, 3.8) is 0 Å². The van der Waals surface area contributed by atoms with Crippen molar-refractivity contribution in [2.45, 2.75) is 13.3 Å². The quantitative estimate of drug-likeness (QED) is 0.670. The zero-order chi connectivity index (χ0) is 19.1. The predicted molar refractivity (Wildman–Crippen MR) is 106 cm³/mol. The van der Waals surface area contributed by atoms with E-state index in [0.717, 1.165) is 23.4 Å². The summed E-state index contributed by atoms with van der Waals surface area (Å²) < 4.78 is 5.16. The molecule has 0 aliphatic carbocycles. The van der Waals surface area contributed by atoms with Gasteiger partial charge in [-0.3, -0.25) is 4.79 Å². The van der Waals surface area contributed by atoms with Crippen LogP contribution in [0, 0.1) is 6.92 Å². The smallest absolute Gasteiger partial charge is 0.274 e. The lowest BCUT2D eigenvalue weighted by atomic mass is 10.1. The molecule has 2 aromatic carbocycles. The summed E-state index contributed by atoms with van der Waals surface area (Å²) in [7, 11) is 1.65. The molecule has 0 saturated heterocycles. The number of benzene rings is 2. The first-order valence-electron chi connectivity index (χ1n) is 8.71. The number of anilines is 2. The van der Waals surface area contributed by atoms with Gasteiger partial charge in [0.25, 0.3) is 5.91 Å². The Hall–Kier alpha value is -3.41. The number of rotatable bonds is 7. The molecule has 0 radical (unpaired) electrons. The van der Waals surface area contributed by atoms with Gasteiger partial charge in [0.15, 0.2) is 0 Å². The third-order valence-corrected chi connectivity index (χ3v) is 4.17. The highest BCUT2D eigenvalue weighted by Gasteiger charge is 2.10. The van der Waals surface area contributed by atoms with Gasteiger partial charge in [0.1, 0.15) is 23.6 Å². The normalized spacial score (nSPS) is 10.3. The van der Waals surface area contributed by atoms with Gasteiger partial charge in [-0.05, 0) is 42.7 Å². The first-order chi connectivity index (χ1) is 13.2. The first-order valence-corrected chi connectivity index (χ1v) is 8.71. The third-order valence-electron chi connectivity index (χ3n) is 4.17. The summed E-state index contributed by atoms with van der Waals surface area (Å²) in [5.74, 6) is 1.20. The number of para-hydroxylation sites is 1. The second kappa shape index (κ2) is 8.80. The van der Waals surface area contributed by atoms with Crippen molar-refractivity contribution in [1.29, 1.82) is 0 Å². The van der Waals surface area contributed by atoms with Crippen LogP contribution in [0.25, 0.3) is 0 Å². The number of aromatic nitrogens is 2. The van der Waals surface area contributed by atoms with Crippen LogP contribution in [-0.4, -0.2) is 29.5 Å². The maximum absolute atomic E-state index is 12.4. The molecule has 1 heterocycles. The molecule has 0 aliphatic rings. The molecule has 0 unspecified atom stereocenters. The Kier molecular flexibility index (Phi) is 5.99. The van der Waals surface area contributed by atoms with E-state index in [0.29, 0.717) is 18.1 Å². The summed E-state index contributed by atoms with van der Waals surface area (Å²) in [6.45, 7) is 2.64. The molecule has 2 N–H and O–H groups in total. The van der Waals surface area contributed by atoms with E-state index in [1.165, 1.54) is 11.9 Å². The highest BCUT2D eigenvalue weighted by atomic mass is 16.5. The van der Waals surface area contributed by atoms with E-state index in [4.69, 9.17) is 4.74 Å². The maximum atomic E-state index is 12.4. The molecule has 1 aromatic heterocycles. The van der Waals surface area contributed by atoms with Crippen LogP contribution < -0.4 is 15.4 Å². The Labute approximate surface area is 158 Å². The fourth-order valence-corrected chi connectivity index (χ4v) is 2.60. The second-order valence-corrected chi connectivity index (χ2v) is 6.08. The van der Waals surface area contributed by atoms with Gasteiger partial charge < -0.3 is 15.4 Å². The van der Waals surface area contributed by atoms with E-state index in [1.807, 2.05) is 55.5 Å². The van der Waals surface area contributed by atoms with E-state index < -0.39 is 0 Å². The SMILES string of the molecule is COc1ccc(CCNc2cc(C(=O)Nc3ccccc3C)ncn2)cc1. The summed E-state index contributed by atoms with van der Waals surface area (Å²) in [6.07, 6.45) is 2.22. The number of nitrogens with zero attached hydrogens (tertiary/aromatic N) is 2. The van der Waals surface area contributed by atoms with Crippen LogP contribution in [0.4, 0.5) is 11.5 Å². The number of hydrogen-bond acceptors (Lipinski definition) is 5. The Bertz CT molecular complexity index is 910. The van der Waals surface area contributed by atoms with Gasteiger partial charge in [-0.2, -0.15) is 0 Å². The number of hydrogen-bond donors (Lipinski definition) is 2. The summed E-state index contributed by atoms with van der Waals surface area (Å²) in [5, 5.41) is 6.11. The topological polar surface area (TPSA) is 76.1 Å².